The van der Waals surface area contributed by atoms with Crippen LogP contribution in [0.3, 0.4) is 0 Å². The van der Waals surface area contributed by atoms with Crippen LogP contribution in [0.25, 0.3) is 10.7 Å². The van der Waals surface area contributed by atoms with Crippen LogP contribution >= 0.6 is 11.3 Å². The minimum Gasteiger partial charge on any atom is -0.351 e. The van der Waals surface area contributed by atoms with Gasteiger partial charge < -0.3 is 14.0 Å². The topological polar surface area (TPSA) is 36.3 Å². The Hall–Kier alpha value is -1.17. The molecule has 0 radical (unpaired) electrons. The van der Waals surface area contributed by atoms with E-state index >= 15 is 0 Å². The summed E-state index contributed by atoms with van der Waals surface area (Å²) in [5, 5.41) is 2.05. The van der Waals surface area contributed by atoms with Gasteiger partial charge in [0.25, 0.3) is 0 Å². The summed E-state index contributed by atoms with van der Waals surface area (Å²) in [6.45, 7) is 5.90. The highest BCUT2D eigenvalue weighted by atomic mass is 32.1. The van der Waals surface area contributed by atoms with Crippen LogP contribution in [0, 0.1) is 0 Å². The molecule has 0 saturated heterocycles. The highest BCUT2D eigenvalue weighted by Crippen LogP contribution is 2.23. The Kier molecular flexibility index (Phi) is 4.92. The molecule has 0 fully saturated rings. The normalized spacial score (nSPS) is 11.3. The van der Waals surface area contributed by atoms with Crippen molar-refractivity contribution in [1.29, 1.82) is 0 Å². The SMILES string of the molecule is CCOC(Cn1ccnc1-c1cccs1)OCC. The first-order chi connectivity index (χ1) is 8.85. The third kappa shape index (κ3) is 3.19. The lowest BCUT2D eigenvalue weighted by molar-refractivity contribution is -0.143. The van der Waals surface area contributed by atoms with E-state index in [1.807, 2.05) is 32.3 Å². The minimum atomic E-state index is -0.215. The molecule has 0 bridgehead atoms. The summed E-state index contributed by atoms with van der Waals surface area (Å²) in [4.78, 5) is 5.55. The van der Waals surface area contributed by atoms with E-state index in [0.29, 0.717) is 19.8 Å². The third-order valence-electron chi connectivity index (χ3n) is 2.51. The number of imidazole rings is 1. The van der Waals surface area contributed by atoms with Crippen molar-refractivity contribution in [2.24, 2.45) is 0 Å². The van der Waals surface area contributed by atoms with Crippen LogP contribution in [-0.4, -0.2) is 29.1 Å². The molecule has 5 heteroatoms. The molecule has 0 amide bonds. The van der Waals surface area contributed by atoms with Crippen molar-refractivity contribution in [1.82, 2.24) is 9.55 Å². The van der Waals surface area contributed by atoms with Crippen LogP contribution in [0.1, 0.15) is 13.8 Å². The summed E-state index contributed by atoms with van der Waals surface area (Å²) >= 11 is 1.68. The van der Waals surface area contributed by atoms with Crippen LogP contribution < -0.4 is 0 Å². The second-order valence-corrected chi connectivity index (χ2v) is 4.67. The zero-order chi connectivity index (χ0) is 12.8. The van der Waals surface area contributed by atoms with Crippen molar-refractivity contribution in [3.05, 3.63) is 29.9 Å². The van der Waals surface area contributed by atoms with Gasteiger partial charge in [0, 0.05) is 25.6 Å². The summed E-state index contributed by atoms with van der Waals surface area (Å²) in [6, 6.07) is 4.10. The lowest BCUT2D eigenvalue weighted by Gasteiger charge is -2.18. The largest absolute Gasteiger partial charge is 0.351 e. The van der Waals surface area contributed by atoms with Gasteiger partial charge in [-0.1, -0.05) is 6.07 Å². The lowest BCUT2D eigenvalue weighted by Crippen LogP contribution is -2.23. The Morgan fingerprint density at radius 1 is 1.33 bits per heavy atom. The van der Waals surface area contributed by atoms with E-state index < -0.39 is 0 Å². The second-order valence-electron chi connectivity index (χ2n) is 3.72. The zero-order valence-electron chi connectivity index (χ0n) is 10.7. The quantitative estimate of drug-likeness (QED) is 0.723. The standard InChI is InChI=1S/C13H18N2O2S/c1-3-16-12(17-4-2)10-15-8-7-14-13(15)11-6-5-9-18-11/h5-9,12H,3-4,10H2,1-2H3. The third-order valence-corrected chi connectivity index (χ3v) is 3.37. The van der Waals surface area contributed by atoms with Crippen molar-refractivity contribution < 1.29 is 9.47 Å². The van der Waals surface area contributed by atoms with Crippen LogP contribution in [0.2, 0.25) is 0 Å². The van der Waals surface area contributed by atoms with Gasteiger partial charge in [0.15, 0.2) is 6.29 Å². The predicted octanol–water partition coefficient (Wildman–Crippen LogP) is 3.01. The number of hydrogen-bond donors (Lipinski definition) is 0. The Morgan fingerprint density at radius 2 is 2.11 bits per heavy atom. The molecule has 0 unspecified atom stereocenters. The molecule has 0 atom stereocenters. The molecular weight excluding hydrogens is 248 g/mol. The molecule has 2 rings (SSSR count). The smallest absolute Gasteiger partial charge is 0.175 e. The molecule has 0 aliphatic rings. The highest BCUT2D eigenvalue weighted by Gasteiger charge is 2.13. The van der Waals surface area contributed by atoms with Crippen molar-refractivity contribution in [2.45, 2.75) is 26.7 Å². The summed E-state index contributed by atoms with van der Waals surface area (Å²) < 4.78 is 13.2. The molecule has 0 aromatic carbocycles. The summed E-state index contributed by atoms with van der Waals surface area (Å²) in [6.07, 6.45) is 3.55. The van der Waals surface area contributed by atoms with Crippen LogP contribution in [-0.2, 0) is 16.0 Å². The van der Waals surface area contributed by atoms with Gasteiger partial charge in [-0.25, -0.2) is 4.98 Å². The van der Waals surface area contributed by atoms with Crippen molar-refractivity contribution >= 4 is 11.3 Å². The van der Waals surface area contributed by atoms with Crippen LogP contribution in [0.4, 0.5) is 0 Å². The Balaban J connectivity index is 2.11. The van der Waals surface area contributed by atoms with Gasteiger partial charge in [-0.2, -0.15) is 0 Å². The van der Waals surface area contributed by atoms with Crippen LogP contribution in [0.5, 0.6) is 0 Å². The predicted molar refractivity (Wildman–Crippen MR) is 72.6 cm³/mol. The molecule has 0 saturated carbocycles. The van der Waals surface area contributed by atoms with Crippen molar-refractivity contribution in [3.63, 3.8) is 0 Å². The fourth-order valence-corrected chi connectivity index (χ4v) is 2.51. The maximum absolute atomic E-state index is 5.56. The van der Waals surface area contributed by atoms with Crippen LogP contribution in [0.15, 0.2) is 29.9 Å². The van der Waals surface area contributed by atoms with Crippen molar-refractivity contribution in [2.75, 3.05) is 13.2 Å². The fourth-order valence-electron chi connectivity index (χ4n) is 1.77. The Morgan fingerprint density at radius 3 is 2.72 bits per heavy atom. The number of rotatable bonds is 7. The molecule has 0 N–H and O–H groups in total. The number of ether oxygens (including phenoxy) is 2. The van der Waals surface area contributed by atoms with Gasteiger partial charge in [0.1, 0.15) is 5.82 Å². The van der Waals surface area contributed by atoms with Crippen molar-refractivity contribution in [3.8, 4) is 10.7 Å². The average Bonchev–Trinajstić information content (AvgIpc) is 2.99. The minimum absolute atomic E-state index is 0.215. The highest BCUT2D eigenvalue weighted by molar-refractivity contribution is 7.13. The first kappa shape index (κ1) is 13.3. The van der Waals surface area contributed by atoms with E-state index in [1.165, 1.54) is 0 Å². The summed E-state index contributed by atoms with van der Waals surface area (Å²) in [7, 11) is 0. The van der Waals surface area contributed by atoms with Gasteiger partial charge >= 0.3 is 0 Å². The number of thiophene rings is 1. The Bertz CT molecular complexity index is 447. The molecule has 2 aromatic heterocycles. The molecule has 2 aromatic rings. The van der Waals surface area contributed by atoms with E-state index in [2.05, 4.69) is 21.0 Å². The molecule has 98 valence electrons. The molecular formula is C13H18N2O2S. The van der Waals surface area contributed by atoms with E-state index in [4.69, 9.17) is 9.47 Å². The molecule has 2 heterocycles. The zero-order valence-corrected chi connectivity index (χ0v) is 11.5. The monoisotopic (exact) mass is 266 g/mol. The Labute approximate surface area is 111 Å². The maximum atomic E-state index is 5.56. The van der Waals surface area contributed by atoms with Gasteiger partial charge in [0.2, 0.25) is 0 Å². The van der Waals surface area contributed by atoms with Gasteiger partial charge in [-0.3, -0.25) is 0 Å². The number of hydrogen-bond acceptors (Lipinski definition) is 4. The first-order valence-corrected chi connectivity index (χ1v) is 7.01. The lowest BCUT2D eigenvalue weighted by atomic mass is 10.4. The number of aromatic nitrogens is 2. The molecule has 4 nitrogen and oxygen atoms in total. The fraction of sp³-hybridized carbons (Fsp3) is 0.462. The van der Waals surface area contributed by atoms with Gasteiger partial charge in [-0.15, -0.1) is 11.3 Å². The van der Waals surface area contributed by atoms with E-state index in [-0.39, 0.29) is 6.29 Å². The first-order valence-electron chi connectivity index (χ1n) is 6.13. The molecule has 18 heavy (non-hydrogen) atoms. The average molecular weight is 266 g/mol. The second kappa shape index (κ2) is 6.68. The number of nitrogens with zero attached hydrogens (tertiary/aromatic N) is 2. The summed E-state index contributed by atoms with van der Waals surface area (Å²) in [5.41, 5.74) is 0. The van der Waals surface area contributed by atoms with E-state index in [1.54, 1.807) is 11.3 Å². The molecule has 0 spiro atoms. The maximum Gasteiger partial charge on any atom is 0.175 e. The summed E-state index contributed by atoms with van der Waals surface area (Å²) in [5.74, 6) is 0.967. The van der Waals surface area contributed by atoms with Gasteiger partial charge in [-0.05, 0) is 25.3 Å². The van der Waals surface area contributed by atoms with Gasteiger partial charge in [0.05, 0.1) is 11.4 Å². The molecule has 0 aliphatic carbocycles. The molecule has 0 aliphatic heterocycles. The van der Waals surface area contributed by atoms with E-state index in [0.717, 1.165) is 10.7 Å². The van der Waals surface area contributed by atoms with E-state index in [9.17, 15) is 0 Å².